The van der Waals surface area contributed by atoms with Gasteiger partial charge in [0.2, 0.25) is 0 Å². The molecule has 1 unspecified atom stereocenters. The fraction of sp³-hybridized carbons (Fsp3) is 0.750. The van der Waals surface area contributed by atoms with Gasteiger partial charge in [0.05, 0.1) is 5.92 Å². The van der Waals surface area contributed by atoms with E-state index in [9.17, 15) is 4.79 Å². The zero-order chi connectivity index (χ0) is 7.84. The monoisotopic (exact) mass is 152 g/mol. The highest BCUT2D eigenvalue weighted by Crippen LogP contribution is 2.19. The second kappa shape index (κ2) is 2.32. The number of rotatable bonds is 0. The lowest BCUT2D eigenvalue weighted by Gasteiger charge is -2.25. The first-order valence-corrected chi connectivity index (χ1v) is 4.14. The smallest absolute Gasteiger partial charge is 0.251 e. The Hall–Kier alpha value is -0.860. The molecule has 0 aliphatic carbocycles. The quantitative estimate of drug-likeness (QED) is 0.510. The summed E-state index contributed by atoms with van der Waals surface area (Å²) in [6, 6.07) is 0. The van der Waals surface area contributed by atoms with Crippen LogP contribution in [0.15, 0.2) is 4.99 Å². The van der Waals surface area contributed by atoms with Gasteiger partial charge in [0, 0.05) is 19.5 Å². The van der Waals surface area contributed by atoms with E-state index in [0.717, 1.165) is 25.3 Å². The van der Waals surface area contributed by atoms with Crippen LogP contribution in [0.3, 0.4) is 0 Å². The molecule has 1 saturated heterocycles. The minimum Gasteiger partial charge on any atom is -0.359 e. The Kier molecular flexibility index (Phi) is 1.44. The molecule has 0 saturated carbocycles. The molecular weight excluding hydrogens is 140 g/mol. The number of nitrogens with zero attached hydrogens (tertiary/aromatic N) is 2. The largest absolute Gasteiger partial charge is 0.359 e. The number of aliphatic imine (C=N–C) groups is 1. The first kappa shape index (κ1) is 6.83. The van der Waals surface area contributed by atoms with Crippen LogP contribution in [-0.4, -0.2) is 29.7 Å². The van der Waals surface area contributed by atoms with Crippen LogP contribution >= 0.6 is 0 Å². The second-order valence-corrected chi connectivity index (χ2v) is 3.32. The van der Waals surface area contributed by atoms with Crippen LogP contribution in [0.2, 0.25) is 0 Å². The van der Waals surface area contributed by atoms with Crippen molar-refractivity contribution in [1.29, 1.82) is 0 Å². The summed E-state index contributed by atoms with van der Waals surface area (Å²) in [5.41, 5.74) is 0. The van der Waals surface area contributed by atoms with Crippen molar-refractivity contribution in [2.75, 3.05) is 13.1 Å². The molecule has 0 N–H and O–H groups in total. The first-order valence-electron chi connectivity index (χ1n) is 4.14. The Morgan fingerprint density at radius 1 is 1.64 bits per heavy atom. The molecule has 0 radical (unpaired) electrons. The molecule has 0 spiro atoms. The predicted octanol–water partition coefficient (Wildman–Crippen LogP) is 0.657. The van der Waals surface area contributed by atoms with E-state index in [2.05, 4.69) is 9.89 Å². The molecule has 11 heavy (non-hydrogen) atoms. The fourth-order valence-electron chi connectivity index (χ4n) is 1.68. The van der Waals surface area contributed by atoms with Crippen molar-refractivity contribution in [2.45, 2.75) is 19.8 Å². The fourth-order valence-corrected chi connectivity index (χ4v) is 1.68. The van der Waals surface area contributed by atoms with Crippen LogP contribution in [0.4, 0.5) is 0 Å². The average Bonchev–Trinajstić information content (AvgIpc) is 2.36. The van der Waals surface area contributed by atoms with Crippen molar-refractivity contribution in [3.63, 3.8) is 0 Å². The number of amidine groups is 1. The molecule has 3 heteroatoms. The van der Waals surface area contributed by atoms with Crippen molar-refractivity contribution in [3.05, 3.63) is 0 Å². The summed E-state index contributed by atoms with van der Waals surface area (Å²) >= 11 is 0. The number of amides is 1. The number of carbonyl (C=O) groups is 1. The molecule has 2 heterocycles. The summed E-state index contributed by atoms with van der Waals surface area (Å²) in [5, 5.41) is 0. The molecule has 3 nitrogen and oxygen atoms in total. The van der Waals surface area contributed by atoms with Crippen molar-refractivity contribution >= 4 is 11.7 Å². The van der Waals surface area contributed by atoms with Gasteiger partial charge in [0.15, 0.2) is 0 Å². The predicted molar refractivity (Wildman–Crippen MR) is 42.4 cm³/mol. The average molecular weight is 152 g/mol. The third-order valence-electron chi connectivity index (χ3n) is 2.35. The van der Waals surface area contributed by atoms with Gasteiger partial charge in [-0.1, -0.05) is 6.92 Å². The van der Waals surface area contributed by atoms with E-state index in [1.165, 1.54) is 6.42 Å². The maximum absolute atomic E-state index is 11.1. The molecule has 1 fully saturated rings. The standard InChI is InChI=1S/C8H12N2O/c1-6-5-10-4-2-3-7(10)9-8(6)11/h6H,2-5H2,1H3. The SMILES string of the molecule is CC1CN2CCCC2=NC1=O. The van der Waals surface area contributed by atoms with Crippen LogP contribution in [0.5, 0.6) is 0 Å². The van der Waals surface area contributed by atoms with Crippen molar-refractivity contribution in [2.24, 2.45) is 10.9 Å². The van der Waals surface area contributed by atoms with E-state index in [4.69, 9.17) is 0 Å². The topological polar surface area (TPSA) is 32.7 Å². The molecular formula is C8H12N2O. The zero-order valence-corrected chi connectivity index (χ0v) is 6.71. The number of fused-ring (bicyclic) bond motifs is 1. The Bertz CT molecular complexity index is 222. The van der Waals surface area contributed by atoms with Gasteiger partial charge in [-0.25, -0.2) is 4.99 Å². The van der Waals surface area contributed by atoms with E-state index in [1.807, 2.05) is 6.92 Å². The highest BCUT2D eigenvalue weighted by molar-refractivity contribution is 5.98. The highest BCUT2D eigenvalue weighted by atomic mass is 16.1. The van der Waals surface area contributed by atoms with E-state index in [0.29, 0.717) is 0 Å². The molecule has 0 aromatic heterocycles. The Morgan fingerprint density at radius 2 is 2.45 bits per heavy atom. The number of hydrogen-bond donors (Lipinski definition) is 0. The van der Waals surface area contributed by atoms with Crippen LogP contribution in [0, 0.1) is 5.92 Å². The van der Waals surface area contributed by atoms with Gasteiger partial charge in [-0.3, -0.25) is 4.79 Å². The molecule has 0 bridgehead atoms. The van der Waals surface area contributed by atoms with E-state index in [1.54, 1.807) is 0 Å². The van der Waals surface area contributed by atoms with Crippen molar-refractivity contribution in [3.8, 4) is 0 Å². The molecule has 60 valence electrons. The zero-order valence-electron chi connectivity index (χ0n) is 6.71. The Labute approximate surface area is 66.1 Å². The van der Waals surface area contributed by atoms with Gasteiger partial charge in [-0.15, -0.1) is 0 Å². The number of carbonyl (C=O) groups excluding carboxylic acids is 1. The van der Waals surface area contributed by atoms with Gasteiger partial charge in [0.25, 0.3) is 5.91 Å². The molecule has 1 amide bonds. The lowest BCUT2D eigenvalue weighted by atomic mass is 10.1. The molecule has 2 aliphatic heterocycles. The summed E-state index contributed by atoms with van der Waals surface area (Å²) in [7, 11) is 0. The summed E-state index contributed by atoms with van der Waals surface area (Å²) < 4.78 is 0. The highest BCUT2D eigenvalue weighted by Gasteiger charge is 2.28. The summed E-state index contributed by atoms with van der Waals surface area (Å²) in [6.45, 7) is 3.93. The van der Waals surface area contributed by atoms with Gasteiger partial charge in [0.1, 0.15) is 5.84 Å². The molecule has 0 aromatic carbocycles. The van der Waals surface area contributed by atoms with E-state index >= 15 is 0 Å². The normalized spacial score (nSPS) is 30.3. The van der Waals surface area contributed by atoms with Crippen LogP contribution in [-0.2, 0) is 4.79 Å². The third-order valence-corrected chi connectivity index (χ3v) is 2.35. The molecule has 2 aliphatic rings. The Balaban J connectivity index is 2.24. The summed E-state index contributed by atoms with van der Waals surface area (Å²) in [6.07, 6.45) is 2.16. The number of hydrogen-bond acceptors (Lipinski definition) is 2. The minimum absolute atomic E-state index is 0.0677. The molecule has 1 atom stereocenters. The lowest BCUT2D eigenvalue weighted by Crippen LogP contribution is -2.37. The van der Waals surface area contributed by atoms with Gasteiger partial charge in [-0.05, 0) is 6.42 Å². The minimum atomic E-state index is 0.0677. The molecule has 0 aromatic rings. The Morgan fingerprint density at radius 3 is 3.27 bits per heavy atom. The molecule has 2 rings (SSSR count). The first-order chi connectivity index (χ1) is 5.27. The van der Waals surface area contributed by atoms with Gasteiger partial charge in [-0.2, -0.15) is 0 Å². The van der Waals surface area contributed by atoms with Gasteiger partial charge >= 0.3 is 0 Å². The van der Waals surface area contributed by atoms with E-state index in [-0.39, 0.29) is 11.8 Å². The van der Waals surface area contributed by atoms with Gasteiger partial charge < -0.3 is 4.90 Å². The summed E-state index contributed by atoms with van der Waals surface area (Å²) in [5.74, 6) is 1.20. The van der Waals surface area contributed by atoms with Crippen molar-refractivity contribution < 1.29 is 4.79 Å². The summed E-state index contributed by atoms with van der Waals surface area (Å²) in [4.78, 5) is 17.4. The van der Waals surface area contributed by atoms with E-state index < -0.39 is 0 Å². The lowest BCUT2D eigenvalue weighted by molar-refractivity contribution is -0.122. The van der Waals surface area contributed by atoms with Crippen molar-refractivity contribution in [1.82, 2.24) is 4.90 Å². The maximum atomic E-state index is 11.1. The second-order valence-electron chi connectivity index (χ2n) is 3.32. The van der Waals surface area contributed by atoms with Crippen LogP contribution < -0.4 is 0 Å². The van der Waals surface area contributed by atoms with Crippen LogP contribution in [0.1, 0.15) is 19.8 Å². The third kappa shape index (κ3) is 1.04. The maximum Gasteiger partial charge on any atom is 0.251 e. The van der Waals surface area contributed by atoms with Crippen LogP contribution in [0.25, 0.3) is 0 Å².